The van der Waals surface area contributed by atoms with Gasteiger partial charge in [0, 0.05) is 23.8 Å². The van der Waals surface area contributed by atoms with Gasteiger partial charge in [-0.3, -0.25) is 9.69 Å². The van der Waals surface area contributed by atoms with Crippen LogP contribution >= 0.6 is 12.4 Å². The van der Waals surface area contributed by atoms with E-state index in [1.54, 1.807) is 0 Å². The van der Waals surface area contributed by atoms with Crippen LogP contribution in [0.15, 0.2) is 18.2 Å². The van der Waals surface area contributed by atoms with Crippen LogP contribution in [0, 0.1) is 11.6 Å². The molecule has 1 saturated heterocycles. The van der Waals surface area contributed by atoms with Crippen LogP contribution in [0.2, 0.25) is 0 Å². The van der Waals surface area contributed by atoms with Gasteiger partial charge in [-0.25, -0.2) is 8.78 Å². The summed E-state index contributed by atoms with van der Waals surface area (Å²) in [5, 5.41) is 2.53. The standard InChI is InChI=1S/C15H21F2N3O.ClH/c1-10(18)14-4-2-3-5-20(14)9-15(21)19-13-7-11(16)6-12(17)8-13;/h6-8,10,14H,2-5,9,18H2,1H3,(H,19,21);1H. The van der Waals surface area contributed by atoms with E-state index in [9.17, 15) is 13.6 Å². The number of carbonyl (C=O) groups is 1. The van der Waals surface area contributed by atoms with Gasteiger partial charge in [0.2, 0.25) is 5.91 Å². The number of anilines is 1. The van der Waals surface area contributed by atoms with Crippen molar-refractivity contribution in [2.75, 3.05) is 18.4 Å². The summed E-state index contributed by atoms with van der Waals surface area (Å²) in [6, 6.07) is 3.13. The molecular formula is C15H22ClF2N3O. The molecule has 1 amide bonds. The number of hydrogen-bond acceptors (Lipinski definition) is 3. The van der Waals surface area contributed by atoms with E-state index in [-0.39, 0.29) is 42.6 Å². The zero-order valence-corrected chi connectivity index (χ0v) is 13.3. The number of rotatable bonds is 4. The number of likely N-dealkylation sites (tertiary alicyclic amines) is 1. The number of amides is 1. The third kappa shape index (κ3) is 5.19. The second-order valence-corrected chi connectivity index (χ2v) is 5.60. The number of nitrogens with one attached hydrogen (secondary N) is 1. The molecule has 7 heteroatoms. The summed E-state index contributed by atoms with van der Waals surface area (Å²) in [5.74, 6) is -1.71. The molecule has 0 spiro atoms. The van der Waals surface area contributed by atoms with Crippen molar-refractivity contribution in [2.24, 2.45) is 5.73 Å². The third-order valence-electron chi connectivity index (χ3n) is 3.76. The Morgan fingerprint density at radius 1 is 1.36 bits per heavy atom. The van der Waals surface area contributed by atoms with Gasteiger partial charge in [-0.05, 0) is 38.4 Å². The molecule has 3 N–H and O–H groups in total. The number of halogens is 3. The predicted molar refractivity (Wildman–Crippen MR) is 85.1 cm³/mol. The van der Waals surface area contributed by atoms with Gasteiger partial charge in [-0.15, -0.1) is 12.4 Å². The fourth-order valence-electron chi connectivity index (χ4n) is 2.82. The van der Waals surface area contributed by atoms with E-state index in [0.29, 0.717) is 0 Å². The van der Waals surface area contributed by atoms with Crippen molar-refractivity contribution in [1.29, 1.82) is 0 Å². The summed E-state index contributed by atoms with van der Waals surface area (Å²) in [5.41, 5.74) is 6.08. The molecule has 0 saturated carbocycles. The maximum absolute atomic E-state index is 13.1. The maximum atomic E-state index is 13.1. The fraction of sp³-hybridized carbons (Fsp3) is 0.533. The smallest absolute Gasteiger partial charge is 0.238 e. The van der Waals surface area contributed by atoms with Gasteiger partial charge in [0.1, 0.15) is 11.6 Å². The lowest BCUT2D eigenvalue weighted by molar-refractivity contribution is -0.118. The zero-order chi connectivity index (χ0) is 15.4. The Balaban J connectivity index is 0.00000242. The summed E-state index contributed by atoms with van der Waals surface area (Å²) >= 11 is 0. The maximum Gasteiger partial charge on any atom is 0.238 e. The molecule has 0 radical (unpaired) electrons. The predicted octanol–water partition coefficient (Wildman–Crippen LogP) is 2.53. The zero-order valence-electron chi connectivity index (χ0n) is 12.5. The highest BCUT2D eigenvalue weighted by Gasteiger charge is 2.26. The van der Waals surface area contributed by atoms with E-state index in [1.165, 1.54) is 0 Å². The molecule has 1 aromatic rings. The Morgan fingerprint density at radius 3 is 2.59 bits per heavy atom. The van der Waals surface area contributed by atoms with Crippen molar-refractivity contribution in [3.05, 3.63) is 29.8 Å². The van der Waals surface area contributed by atoms with E-state index in [0.717, 1.165) is 44.0 Å². The minimum Gasteiger partial charge on any atom is -0.327 e. The van der Waals surface area contributed by atoms with Gasteiger partial charge < -0.3 is 11.1 Å². The van der Waals surface area contributed by atoms with Crippen molar-refractivity contribution in [2.45, 2.75) is 38.3 Å². The number of benzene rings is 1. The van der Waals surface area contributed by atoms with E-state index < -0.39 is 11.6 Å². The Morgan fingerprint density at radius 2 is 2.00 bits per heavy atom. The Labute approximate surface area is 135 Å². The summed E-state index contributed by atoms with van der Waals surface area (Å²) < 4.78 is 26.2. The van der Waals surface area contributed by atoms with Gasteiger partial charge in [-0.1, -0.05) is 6.42 Å². The van der Waals surface area contributed by atoms with Crippen molar-refractivity contribution in [3.8, 4) is 0 Å². The van der Waals surface area contributed by atoms with Crippen LogP contribution in [0.1, 0.15) is 26.2 Å². The van der Waals surface area contributed by atoms with E-state index in [1.807, 2.05) is 11.8 Å². The highest BCUT2D eigenvalue weighted by Crippen LogP contribution is 2.19. The largest absolute Gasteiger partial charge is 0.327 e. The van der Waals surface area contributed by atoms with Crippen LogP contribution in [0.4, 0.5) is 14.5 Å². The summed E-state index contributed by atoms with van der Waals surface area (Å²) in [7, 11) is 0. The minimum absolute atomic E-state index is 0. The highest BCUT2D eigenvalue weighted by atomic mass is 35.5. The topological polar surface area (TPSA) is 58.4 Å². The van der Waals surface area contributed by atoms with Gasteiger partial charge in [0.15, 0.2) is 0 Å². The third-order valence-corrected chi connectivity index (χ3v) is 3.76. The summed E-state index contributed by atoms with van der Waals surface area (Å²) in [6.07, 6.45) is 3.12. The van der Waals surface area contributed by atoms with Crippen LogP contribution in [-0.4, -0.2) is 36.0 Å². The molecule has 1 aliphatic rings. The lowest BCUT2D eigenvalue weighted by Crippen LogP contribution is -2.51. The lowest BCUT2D eigenvalue weighted by Gasteiger charge is -2.37. The molecule has 1 fully saturated rings. The molecule has 1 aliphatic heterocycles. The molecule has 1 heterocycles. The molecule has 124 valence electrons. The second kappa shape index (κ2) is 8.41. The summed E-state index contributed by atoms with van der Waals surface area (Å²) in [4.78, 5) is 14.1. The first-order valence-corrected chi connectivity index (χ1v) is 7.21. The number of carbonyl (C=O) groups excluding carboxylic acids is 1. The molecule has 0 aliphatic carbocycles. The highest BCUT2D eigenvalue weighted by molar-refractivity contribution is 5.92. The van der Waals surface area contributed by atoms with Crippen LogP contribution in [0.3, 0.4) is 0 Å². The number of nitrogens with two attached hydrogens (primary N) is 1. The van der Waals surface area contributed by atoms with Crippen LogP contribution in [-0.2, 0) is 4.79 Å². The number of piperidine rings is 1. The molecule has 4 nitrogen and oxygen atoms in total. The van der Waals surface area contributed by atoms with Crippen molar-refractivity contribution in [3.63, 3.8) is 0 Å². The van der Waals surface area contributed by atoms with Crippen LogP contribution < -0.4 is 11.1 Å². The van der Waals surface area contributed by atoms with Gasteiger partial charge in [0.05, 0.1) is 6.54 Å². The first kappa shape index (κ1) is 18.8. The first-order valence-electron chi connectivity index (χ1n) is 7.21. The molecule has 1 aromatic carbocycles. The molecule has 0 bridgehead atoms. The minimum atomic E-state index is -0.711. The van der Waals surface area contributed by atoms with E-state index in [4.69, 9.17) is 5.73 Å². The molecular weight excluding hydrogens is 312 g/mol. The van der Waals surface area contributed by atoms with Crippen LogP contribution in [0.25, 0.3) is 0 Å². The molecule has 22 heavy (non-hydrogen) atoms. The van der Waals surface area contributed by atoms with Crippen LogP contribution in [0.5, 0.6) is 0 Å². The first-order chi connectivity index (χ1) is 9.95. The molecule has 2 rings (SSSR count). The molecule has 0 aromatic heterocycles. The van der Waals surface area contributed by atoms with Gasteiger partial charge in [-0.2, -0.15) is 0 Å². The summed E-state index contributed by atoms with van der Waals surface area (Å²) in [6.45, 7) is 2.93. The number of hydrogen-bond donors (Lipinski definition) is 2. The number of nitrogens with zero attached hydrogens (tertiary/aromatic N) is 1. The van der Waals surface area contributed by atoms with Crippen molar-refractivity contribution in [1.82, 2.24) is 4.90 Å². The molecule has 2 unspecified atom stereocenters. The fourth-order valence-corrected chi connectivity index (χ4v) is 2.82. The van der Waals surface area contributed by atoms with E-state index >= 15 is 0 Å². The quantitative estimate of drug-likeness (QED) is 0.890. The van der Waals surface area contributed by atoms with Crippen molar-refractivity contribution >= 4 is 24.0 Å². The average molecular weight is 334 g/mol. The van der Waals surface area contributed by atoms with Gasteiger partial charge >= 0.3 is 0 Å². The van der Waals surface area contributed by atoms with Crippen molar-refractivity contribution < 1.29 is 13.6 Å². The van der Waals surface area contributed by atoms with E-state index in [2.05, 4.69) is 5.32 Å². The SMILES string of the molecule is CC(N)C1CCCCN1CC(=O)Nc1cc(F)cc(F)c1.Cl. The Kier molecular flexibility index (Phi) is 7.19. The molecule has 2 atom stereocenters. The Bertz CT molecular complexity index is 493. The van der Waals surface area contributed by atoms with Gasteiger partial charge in [0.25, 0.3) is 0 Å². The average Bonchev–Trinajstić information content (AvgIpc) is 2.37. The second-order valence-electron chi connectivity index (χ2n) is 5.60. The normalized spacial score (nSPS) is 20.1. The Hall–Kier alpha value is -1.24. The monoisotopic (exact) mass is 333 g/mol. The lowest BCUT2D eigenvalue weighted by atomic mass is 9.97.